The standard InChI is InChI=1S/C30H31N5O2.C2HF3O2/c36-30(32-26-9-11-27(12-10-26)34-15-17-37-18-16-34)24-7-4-8-28(19-24)35-29-13-14-33(22-25(29)20-31-35)21-23-5-2-1-3-6-23;3-2(4,5)1(6)7/h1-12,19-20H,13-18,21-22H2,(H,32,36);(H,6,7). The molecule has 0 saturated carbocycles. The van der Waals surface area contributed by atoms with Crippen molar-refractivity contribution < 1.29 is 32.6 Å². The van der Waals surface area contributed by atoms with E-state index >= 15 is 0 Å². The second-order valence-electron chi connectivity index (χ2n) is 10.4. The van der Waals surface area contributed by atoms with Crippen LogP contribution in [0.1, 0.15) is 27.2 Å². The number of hydrogen-bond donors (Lipinski definition) is 2. The van der Waals surface area contributed by atoms with E-state index in [-0.39, 0.29) is 5.91 Å². The Bertz CT molecular complexity index is 1570. The van der Waals surface area contributed by atoms with Crippen LogP contribution >= 0.6 is 0 Å². The van der Waals surface area contributed by atoms with Gasteiger partial charge in [-0.15, -0.1) is 0 Å². The Kier molecular flexibility index (Phi) is 9.61. The summed E-state index contributed by atoms with van der Waals surface area (Å²) < 4.78 is 39.2. The number of benzene rings is 3. The van der Waals surface area contributed by atoms with Gasteiger partial charge in [0, 0.05) is 67.3 Å². The fraction of sp³-hybridized carbons (Fsp3) is 0.281. The predicted molar refractivity (Wildman–Crippen MR) is 159 cm³/mol. The first kappa shape index (κ1) is 30.8. The van der Waals surface area contributed by atoms with Gasteiger partial charge in [0.15, 0.2) is 0 Å². The molecule has 0 unspecified atom stereocenters. The Morgan fingerprint density at radius 2 is 1.61 bits per heavy atom. The van der Waals surface area contributed by atoms with Gasteiger partial charge in [-0.25, -0.2) is 9.48 Å². The molecule has 0 aliphatic carbocycles. The number of fused-ring (bicyclic) bond motifs is 1. The molecule has 4 aromatic rings. The van der Waals surface area contributed by atoms with Gasteiger partial charge in [0.1, 0.15) is 0 Å². The average molecular weight is 608 g/mol. The van der Waals surface area contributed by atoms with Gasteiger partial charge in [0.2, 0.25) is 0 Å². The molecule has 3 heterocycles. The van der Waals surface area contributed by atoms with Crippen molar-refractivity contribution >= 4 is 23.3 Å². The molecule has 44 heavy (non-hydrogen) atoms. The van der Waals surface area contributed by atoms with Crippen molar-refractivity contribution in [2.75, 3.05) is 43.1 Å². The van der Waals surface area contributed by atoms with Gasteiger partial charge in [-0.05, 0) is 48.0 Å². The molecule has 1 amide bonds. The summed E-state index contributed by atoms with van der Waals surface area (Å²) in [6.45, 7) is 6.08. The number of alkyl halides is 3. The molecule has 2 aliphatic rings. The molecule has 0 radical (unpaired) electrons. The number of carboxylic acids is 1. The van der Waals surface area contributed by atoms with E-state index in [1.165, 1.54) is 16.8 Å². The number of anilines is 2. The Morgan fingerprint density at radius 3 is 2.30 bits per heavy atom. The van der Waals surface area contributed by atoms with Crippen molar-refractivity contribution in [3.05, 3.63) is 107 Å². The van der Waals surface area contributed by atoms with Gasteiger partial charge in [-0.1, -0.05) is 36.4 Å². The number of aromatic nitrogens is 2. The molecule has 1 aromatic heterocycles. The normalized spacial score (nSPS) is 15.1. The van der Waals surface area contributed by atoms with Crippen LogP contribution in [-0.4, -0.2) is 70.7 Å². The fourth-order valence-corrected chi connectivity index (χ4v) is 5.15. The van der Waals surface area contributed by atoms with E-state index in [0.717, 1.165) is 69.4 Å². The molecule has 230 valence electrons. The number of nitrogens with zero attached hydrogens (tertiary/aromatic N) is 4. The van der Waals surface area contributed by atoms with Crippen LogP contribution in [0.3, 0.4) is 0 Å². The topological polar surface area (TPSA) is 99.9 Å². The molecule has 0 atom stereocenters. The molecule has 6 rings (SSSR count). The Morgan fingerprint density at radius 1 is 0.909 bits per heavy atom. The highest BCUT2D eigenvalue weighted by molar-refractivity contribution is 6.04. The molecular formula is C32H32F3N5O4. The molecule has 0 spiro atoms. The van der Waals surface area contributed by atoms with Crippen molar-refractivity contribution in [1.29, 1.82) is 0 Å². The zero-order valence-corrected chi connectivity index (χ0v) is 23.8. The summed E-state index contributed by atoms with van der Waals surface area (Å²) in [5.41, 5.74) is 7.25. The van der Waals surface area contributed by atoms with E-state index in [1.807, 2.05) is 47.3 Å². The smallest absolute Gasteiger partial charge is 0.475 e. The lowest BCUT2D eigenvalue weighted by molar-refractivity contribution is -0.192. The lowest BCUT2D eigenvalue weighted by Crippen LogP contribution is -2.36. The number of carboxylic acid groups (broad SMARTS) is 1. The zero-order valence-electron chi connectivity index (χ0n) is 23.8. The summed E-state index contributed by atoms with van der Waals surface area (Å²) in [6.07, 6.45) is -2.19. The average Bonchev–Trinajstić information content (AvgIpc) is 3.46. The Hall–Kier alpha value is -4.68. The van der Waals surface area contributed by atoms with Gasteiger partial charge in [0.25, 0.3) is 5.91 Å². The highest BCUT2D eigenvalue weighted by atomic mass is 19.4. The van der Waals surface area contributed by atoms with Crippen molar-refractivity contribution in [3.63, 3.8) is 0 Å². The summed E-state index contributed by atoms with van der Waals surface area (Å²) in [7, 11) is 0. The third kappa shape index (κ3) is 7.82. The van der Waals surface area contributed by atoms with Crippen molar-refractivity contribution in [1.82, 2.24) is 14.7 Å². The first-order valence-electron chi connectivity index (χ1n) is 14.1. The fourth-order valence-electron chi connectivity index (χ4n) is 5.15. The Labute approximate surface area is 252 Å². The molecule has 0 bridgehead atoms. The number of morpholine rings is 1. The van der Waals surface area contributed by atoms with Crippen molar-refractivity contribution in [2.24, 2.45) is 0 Å². The van der Waals surface area contributed by atoms with Gasteiger partial charge in [-0.3, -0.25) is 9.69 Å². The van der Waals surface area contributed by atoms with Crippen LogP contribution in [0.2, 0.25) is 0 Å². The van der Waals surface area contributed by atoms with Crippen LogP contribution in [0.15, 0.2) is 85.1 Å². The minimum atomic E-state index is -5.08. The minimum absolute atomic E-state index is 0.129. The summed E-state index contributed by atoms with van der Waals surface area (Å²) in [5.74, 6) is -2.89. The van der Waals surface area contributed by atoms with E-state index in [1.54, 1.807) is 0 Å². The van der Waals surface area contributed by atoms with Crippen molar-refractivity contribution in [3.8, 4) is 5.69 Å². The maximum Gasteiger partial charge on any atom is 0.490 e. The number of rotatable bonds is 6. The van der Waals surface area contributed by atoms with E-state index in [2.05, 4.69) is 57.6 Å². The summed E-state index contributed by atoms with van der Waals surface area (Å²) >= 11 is 0. The SMILES string of the molecule is O=C(Nc1ccc(N2CCOCC2)cc1)c1cccc(-n2ncc3c2CCN(Cc2ccccc2)C3)c1.O=C(O)C(F)(F)F. The van der Waals surface area contributed by atoms with Crippen LogP contribution < -0.4 is 10.2 Å². The predicted octanol–water partition coefficient (Wildman–Crippen LogP) is 5.15. The number of nitrogens with one attached hydrogen (secondary N) is 1. The number of ether oxygens (including phenoxy) is 1. The van der Waals surface area contributed by atoms with E-state index in [9.17, 15) is 18.0 Å². The van der Waals surface area contributed by atoms with E-state index in [0.29, 0.717) is 5.56 Å². The lowest BCUT2D eigenvalue weighted by atomic mass is 10.1. The number of aliphatic carboxylic acids is 1. The highest BCUT2D eigenvalue weighted by Crippen LogP contribution is 2.24. The maximum absolute atomic E-state index is 13.1. The maximum atomic E-state index is 13.1. The van der Waals surface area contributed by atoms with E-state index in [4.69, 9.17) is 19.7 Å². The van der Waals surface area contributed by atoms with Crippen LogP contribution in [0, 0.1) is 0 Å². The largest absolute Gasteiger partial charge is 0.490 e. The molecule has 2 aliphatic heterocycles. The summed E-state index contributed by atoms with van der Waals surface area (Å²) in [5, 5.41) is 14.9. The van der Waals surface area contributed by atoms with Gasteiger partial charge in [0.05, 0.1) is 25.1 Å². The second kappa shape index (κ2) is 13.7. The third-order valence-electron chi connectivity index (χ3n) is 7.36. The molecule has 9 nitrogen and oxygen atoms in total. The van der Waals surface area contributed by atoms with Crippen LogP contribution in [0.25, 0.3) is 5.69 Å². The van der Waals surface area contributed by atoms with Crippen LogP contribution in [0.5, 0.6) is 0 Å². The summed E-state index contributed by atoms with van der Waals surface area (Å²) in [4.78, 5) is 26.7. The first-order valence-corrected chi connectivity index (χ1v) is 14.1. The molecule has 1 fully saturated rings. The van der Waals surface area contributed by atoms with Gasteiger partial charge < -0.3 is 20.1 Å². The molecule has 12 heteroatoms. The molecule has 1 saturated heterocycles. The Balaban J connectivity index is 0.000000493. The first-order chi connectivity index (χ1) is 21.2. The van der Waals surface area contributed by atoms with Gasteiger partial charge in [-0.2, -0.15) is 18.3 Å². The highest BCUT2D eigenvalue weighted by Gasteiger charge is 2.38. The number of carbonyl (C=O) groups is 2. The quantitative estimate of drug-likeness (QED) is 0.313. The molecular weight excluding hydrogens is 575 g/mol. The van der Waals surface area contributed by atoms with Gasteiger partial charge >= 0.3 is 12.1 Å². The summed E-state index contributed by atoms with van der Waals surface area (Å²) in [6, 6.07) is 26.3. The number of halogens is 3. The van der Waals surface area contributed by atoms with Crippen LogP contribution in [0.4, 0.5) is 24.5 Å². The number of hydrogen-bond acceptors (Lipinski definition) is 6. The van der Waals surface area contributed by atoms with E-state index < -0.39 is 12.1 Å². The zero-order chi connectivity index (χ0) is 31.1. The third-order valence-corrected chi connectivity index (χ3v) is 7.36. The monoisotopic (exact) mass is 607 g/mol. The molecule has 2 N–H and O–H groups in total. The van der Waals surface area contributed by atoms with Crippen molar-refractivity contribution in [2.45, 2.75) is 25.7 Å². The number of carbonyl (C=O) groups excluding carboxylic acids is 1. The molecule has 3 aromatic carbocycles. The van der Waals surface area contributed by atoms with Crippen LogP contribution in [-0.2, 0) is 29.0 Å². The lowest BCUT2D eigenvalue weighted by Gasteiger charge is -2.28. The number of amides is 1. The minimum Gasteiger partial charge on any atom is -0.475 e. The second-order valence-corrected chi connectivity index (χ2v) is 10.4.